The number of carboxylic acid groups (broad SMARTS) is 1. The third-order valence-corrected chi connectivity index (χ3v) is 4.78. The number of carboxylic acids is 1. The predicted octanol–water partition coefficient (Wildman–Crippen LogP) is -1.07. The zero-order chi connectivity index (χ0) is 23.6. The van der Waals surface area contributed by atoms with Crippen LogP contribution < -0.4 is 33.2 Å². The monoisotopic (exact) mass is 444 g/mol. The molecule has 10 N–H and O–H groups in total. The number of nitrogens with two attached hydrogens (primary N) is 3. The summed E-state index contributed by atoms with van der Waals surface area (Å²) in [6.07, 6.45) is 4.72. The van der Waals surface area contributed by atoms with Crippen LogP contribution in [0.15, 0.2) is 0 Å². The van der Waals surface area contributed by atoms with Crippen molar-refractivity contribution in [2.75, 3.05) is 19.6 Å². The van der Waals surface area contributed by atoms with Gasteiger partial charge in [0.25, 0.3) is 0 Å². The highest BCUT2D eigenvalue weighted by Crippen LogP contribution is 2.07. The van der Waals surface area contributed by atoms with Crippen LogP contribution in [0.2, 0.25) is 0 Å². The Kier molecular flexibility index (Phi) is 16.2. The fourth-order valence-electron chi connectivity index (χ4n) is 3.06. The third-order valence-electron chi connectivity index (χ3n) is 4.78. The van der Waals surface area contributed by atoms with Gasteiger partial charge < -0.3 is 38.3 Å². The Morgan fingerprint density at radius 3 is 1.35 bits per heavy atom. The normalized spacial score (nSPS) is 13.7. The molecule has 0 radical (unpaired) electrons. The van der Waals surface area contributed by atoms with Gasteiger partial charge in [0.2, 0.25) is 17.7 Å². The molecular formula is C20H40N6O5. The number of rotatable bonds is 18. The van der Waals surface area contributed by atoms with Gasteiger partial charge in [0.1, 0.15) is 18.1 Å². The van der Waals surface area contributed by atoms with Gasteiger partial charge in [-0.3, -0.25) is 14.4 Å². The summed E-state index contributed by atoms with van der Waals surface area (Å²) in [6.45, 7) is 2.66. The van der Waals surface area contributed by atoms with Crippen LogP contribution in [0.4, 0.5) is 0 Å². The number of hydrogen-bond donors (Lipinski definition) is 7. The molecule has 0 heterocycles. The Hall–Kier alpha value is -2.24. The van der Waals surface area contributed by atoms with E-state index in [1.54, 1.807) is 0 Å². The fraction of sp³-hybridized carbons (Fsp3) is 0.800. The number of carbonyl (C=O) groups excluding carboxylic acids is 3. The predicted molar refractivity (Wildman–Crippen MR) is 118 cm³/mol. The molecule has 11 heteroatoms. The molecule has 0 aromatic rings. The van der Waals surface area contributed by atoms with Crippen molar-refractivity contribution in [3.63, 3.8) is 0 Å². The average Bonchev–Trinajstić information content (AvgIpc) is 2.71. The molecule has 31 heavy (non-hydrogen) atoms. The van der Waals surface area contributed by atoms with Crippen LogP contribution in [0.3, 0.4) is 0 Å². The highest BCUT2D eigenvalue weighted by atomic mass is 16.4. The minimum absolute atomic E-state index is 0.245. The molecule has 0 rings (SSSR count). The van der Waals surface area contributed by atoms with Gasteiger partial charge in [0.05, 0.1) is 0 Å². The summed E-state index contributed by atoms with van der Waals surface area (Å²) in [7, 11) is 0. The van der Waals surface area contributed by atoms with E-state index in [-0.39, 0.29) is 12.3 Å². The molecule has 0 aromatic heterocycles. The first-order valence-electron chi connectivity index (χ1n) is 11.0. The van der Waals surface area contributed by atoms with Crippen molar-refractivity contribution in [3.05, 3.63) is 0 Å². The Morgan fingerprint density at radius 1 is 0.645 bits per heavy atom. The van der Waals surface area contributed by atoms with Gasteiger partial charge in [-0.1, -0.05) is 0 Å². The zero-order valence-electron chi connectivity index (χ0n) is 18.5. The van der Waals surface area contributed by atoms with Crippen molar-refractivity contribution in [2.45, 2.75) is 82.8 Å². The second kappa shape index (κ2) is 17.4. The van der Waals surface area contributed by atoms with E-state index in [4.69, 9.17) is 17.2 Å². The number of nitrogens with one attached hydrogen (secondary N) is 3. The van der Waals surface area contributed by atoms with E-state index in [1.807, 2.05) is 0 Å². The molecule has 11 nitrogen and oxygen atoms in total. The summed E-state index contributed by atoms with van der Waals surface area (Å²) in [5, 5.41) is 17.2. The Morgan fingerprint density at radius 2 is 1.00 bits per heavy atom. The minimum Gasteiger partial charge on any atom is -0.480 e. The van der Waals surface area contributed by atoms with Crippen LogP contribution in [-0.2, 0) is 19.2 Å². The lowest BCUT2D eigenvalue weighted by Gasteiger charge is -2.24. The summed E-state index contributed by atoms with van der Waals surface area (Å²) >= 11 is 0. The highest BCUT2D eigenvalue weighted by Gasteiger charge is 2.28. The maximum atomic E-state index is 12.8. The van der Waals surface area contributed by atoms with Crippen molar-refractivity contribution < 1.29 is 24.3 Å². The second-order valence-electron chi connectivity index (χ2n) is 7.57. The van der Waals surface area contributed by atoms with Gasteiger partial charge in [-0.2, -0.15) is 0 Å². The molecule has 0 aromatic carbocycles. The SMILES string of the molecule is CC(=O)N[C@@H](CCCCN)C(=O)N[C@@H](CCCCN)C(=O)N[C@@H](CCCCN)C(=O)O. The molecule has 0 aliphatic rings. The quantitative estimate of drug-likeness (QED) is 0.129. The van der Waals surface area contributed by atoms with Crippen LogP contribution >= 0.6 is 0 Å². The summed E-state index contributed by atoms with van der Waals surface area (Å²) in [5.74, 6) is -2.57. The topological polar surface area (TPSA) is 203 Å². The third kappa shape index (κ3) is 13.6. The molecular weight excluding hydrogens is 404 g/mol. The molecule has 0 fully saturated rings. The zero-order valence-corrected chi connectivity index (χ0v) is 18.5. The Bertz CT molecular complexity index is 560. The van der Waals surface area contributed by atoms with Crippen molar-refractivity contribution in [2.24, 2.45) is 17.2 Å². The van der Waals surface area contributed by atoms with Crippen LogP contribution in [0.25, 0.3) is 0 Å². The molecule has 3 amide bonds. The van der Waals surface area contributed by atoms with Gasteiger partial charge in [-0.05, 0) is 77.4 Å². The van der Waals surface area contributed by atoms with Crippen molar-refractivity contribution >= 4 is 23.7 Å². The van der Waals surface area contributed by atoms with Crippen molar-refractivity contribution in [1.82, 2.24) is 16.0 Å². The summed E-state index contributed by atoms with van der Waals surface area (Å²) in [5.41, 5.74) is 16.4. The molecule has 0 saturated carbocycles. The average molecular weight is 445 g/mol. The maximum absolute atomic E-state index is 12.8. The molecule has 3 atom stereocenters. The Balaban J connectivity index is 5.20. The summed E-state index contributed by atoms with van der Waals surface area (Å²) in [4.78, 5) is 48.5. The molecule has 0 saturated heterocycles. The Labute approximate surface area is 184 Å². The maximum Gasteiger partial charge on any atom is 0.326 e. The van der Waals surface area contributed by atoms with E-state index in [1.165, 1.54) is 6.92 Å². The minimum atomic E-state index is -1.14. The largest absolute Gasteiger partial charge is 0.480 e. The first-order chi connectivity index (χ1) is 14.8. The van der Waals surface area contributed by atoms with E-state index in [2.05, 4.69) is 16.0 Å². The number of carbonyl (C=O) groups is 4. The number of amides is 3. The second-order valence-corrected chi connectivity index (χ2v) is 7.57. The smallest absolute Gasteiger partial charge is 0.326 e. The van der Waals surface area contributed by atoms with Gasteiger partial charge in [0, 0.05) is 6.92 Å². The van der Waals surface area contributed by atoms with E-state index in [0.717, 1.165) is 0 Å². The van der Waals surface area contributed by atoms with Gasteiger partial charge in [-0.25, -0.2) is 4.79 Å². The van der Waals surface area contributed by atoms with E-state index in [0.29, 0.717) is 71.0 Å². The van der Waals surface area contributed by atoms with E-state index < -0.39 is 35.9 Å². The standard InChI is InChI=1S/C20H40N6O5/c1-14(27)24-15(8-2-5-11-21)18(28)25-16(9-3-6-12-22)19(29)26-17(20(30)31)10-4-7-13-23/h15-17H,2-13,21-23H2,1H3,(H,24,27)(H,25,28)(H,26,29)(H,30,31)/t15-,16-,17-/m0/s1. The van der Waals surface area contributed by atoms with E-state index >= 15 is 0 Å². The lowest BCUT2D eigenvalue weighted by molar-refractivity contribution is -0.142. The molecule has 180 valence electrons. The highest BCUT2D eigenvalue weighted by molar-refractivity contribution is 5.93. The van der Waals surface area contributed by atoms with Crippen LogP contribution in [-0.4, -0.2) is 66.6 Å². The van der Waals surface area contributed by atoms with Gasteiger partial charge in [-0.15, -0.1) is 0 Å². The van der Waals surface area contributed by atoms with Gasteiger partial charge >= 0.3 is 5.97 Å². The number of hydrogen-bond acceptors (Lipinski definition) is 7. The van der Waals surface area contributed by atoms with E-state index in [9.17, 15) is 24.3 Å². The molecule has 0 aliphatic carbocycles. The van der Waals surface area contributed by atoms with Crippen LogP contribution in [0.1, 0.15) is 64.7 Å². The summed E-state index contributed by atoms with van der Waals surface area (Å²) < 4.78 is 0. The van der Waals surface area contributed by atoms with Gasteiger partial charge in [0.15, 0.2) is 0 Å². The lowest BCUT2D eigenvalue weighted by atomic mass is 10.0. The molecule has 0 bridgehead atoms. The first kappa shape index (κ1) is 28.8. The van der Waals surface area contributed by atoms with Crippen molar-refractivity contribution in [3.8, 4) is 0 Å². The van der Waals surface area contributed by atoms with Crippen LogP contribution in [0, 0.1) is 0 Å². The molecule has 0 aliphatic heterocycles. The van der Waals surface area contributed by atoms with Crippen molar-refractivity contribution in [1.29, 1.82) is 0 Å². The number of unbranched alkanes of at least 4 members (excludes halogenated alkanes) is 3. The summed E-state index contributed by atoms with van der Waals surface area (Å²) in [6, 6.07) is -2.79. The lowest BCUT2D eigenvalue weighted by Crippen LogP contribution is -2.55. The number of aliphatic carboxylic acids is 1. The molecule has 0 spiro atoms. The fourth-order valence-corrected chi connectivity index (χ4v) is 3.06. The first-order valence-corrected chi connectivity index (χ1v) is 11.0. The molecule has 0 unspecified atom stereocenters. The van der Waals surface area contributed by atoms with Crippen LogP contribution in [0.5, 0.6) is 0 Å².